The van der Waals surface area contributed by atoms with Crippen molar-refractivity contribution in [3.05, 3.63) is 53.6 Å². The van der Waals surface area contributed by atoms with Crippen molar-refractivity contribution in [1.82, 2.24) is 9.55 Å². The van der Waals surface area contributed by atoms with Gasteiger partial charge in [0.15, 0.2) is 0 Å². The van der Waals surface area contributed by atoms with Crippen LogP contribution in [-0.2, 0) is 12.1 Å². The number of hydrogen-bond acceptors (Lipinski definition) is 2. The fourth-order valence-electron chi connectivity index (χ4n) is 2.27. The highest BCUT2D eigenvalue weighted by Gasteiger charge is 2.35. The summed E-state index contributed by atoms with van der Waals surface area (Å²) in [4.78, 5) is 4.03. The Morgan fingerprint density at radius 1 is 1.35 bits per heavy atom. The molecule has 2 atom stereocenters. The van der Waals surface area contributed by atoms with E-state index in [4.69, 9.17) is 11.6 Å². The first-order valence-electron chi connectivity index (χ1n) is 6.50. The minimum Gasteiger partial charge on any atom is -0.383 e. The van der Waals surface area contributed by atoms with E-state index in [0.29, 0.717) is 11.6 Å². The van der Waals surface area contributed by atoms with Crippen LogP contribution in [-0.4, -0.2) is 14.7 Å². The van der Waals surface area contributed by atoms with Crippen LogP contribution in [0, 0.1) is 5.92 Å². The van der Waals surface area contributed by atoms with Gasteiger partial charge in [-0.1, -0.05) is 44.0 Å². The van der Waals surface area contributed by atoms with Crippen molar-refractivity contribution in [3.63, 3.8) is 0 Å². The molecule has 0 bridgehead atoms. The lowest BCUT2D eigenvalue weighted by Gasteiger charge is -2.34. The van der Waals surface area contributed by atoms with E-state index in [1.807, 2.05) is 35.0 Å². The minimum atomic E-state index is -0.917. The van der Waals surface area contributed by atoms with Gasteiger partial charge in [-0.15, -0.1) is 12.4 Å². The van der Waals surface area contributed by atoms with E-state index in [2.05, 4.69) is 18.8 Å². The first-order chi connectivity index (χ1) is 9.06. The molecule has 0 saturated carbocycles. The summed E-state index contributed by atoms with van der Waals surface area (Å²) < 4.78 is 1.90. The second-order valence-corrected chi connectivity index (χ2v) is 5.41. The summed E-state index contributed by atoms with van der Waals surface area (Å²) in [5, 5.41) is 11.8. The van der Waals surface area contributed by atoms with E-state index in [1.54, 1.807) is 12.5 Å². The second kappa shape index (κ2) is 7.11. The van der Waals surface area contributed by atoms with Crippen LogP contribution in [0.25, 0.3) is 0 Å². The average Bonchev–Trinajstić information content (AvgIpc) is 2.91. The maximum Gasteiger partial charge on any atom is 0.110 e. The molecule has 2 aromatic rings. The Bertz CT molecular complexity index is 513. The average molecular weight is 315 g/mol. The van der Waals surface area contributed by atoms with Crippen molar-refractivity contribution < 1.29 is 5.11 Å². The summed E-state index contributed by atoms with van der Waals surface area (Å²) in [6.07, 6.45) is 6.21. The highest BCUT2D eigenvalue weighted by atomic mass is 35.5. The fraction of sp³-hybridized carbons (Fsp3) is 0.400. The molecule has 0 fully saturated rings. The van der Waals surface area contributed by atoms with Gasteiger partial charge in [0.1, 0.15) is 5.60 Å². The second-order valence-electron chi connectivity index (χ2n) is 4.98. The Labute approximate surface area is 131 Å². The molecule has 0 aliphatic heterocycles. The summed E-state index contributed by atoms with van der Waals surface area (Å²) in [5.74, 6) is 0.135. The maximum atomic E-state index is 11.1. The molecule has 0 spiro atoms. The molecule has 1 N–H and O–H groups in total. The zero-order valence-corrected chi connectivity index (χ0v) is 13.2. The third-order valence-electron chi connectivity index (χ3n) is 3.75. The van der Waals surface area contributed by atoms with Gasteiger partial charge in [-0.05, 0) is 23.6 Å². The maximum absolute atomic E-state index is 11.1. The van der Waals surface area contributed by atoms with Gasteiger partial charge in [0.2, 0.25) is 0 Å². The monoisotopic (exact) mass is 314 g/mol. The number of halogens is 2. The van der Waals surface area contributed by atoms with Crippen LogP contribution >= 0.6 is 24.0 Å². The highest BCUT2D eigenvalue weighted by molar-refractivity contribution is 6.30. The molecular weight excluding hydrogens is 295 g/mol. The van der Waals surface area contributed by atoms with Crippen molar-refractivity contribution >= 4 is 24.0 Å². The lowest BCUT2D eigenvalue weighted by Crippen LogP contribution is -2.37. The molecule has 1 aromatic carbocycles. The van der Waals surface area contributed by atoms with Gasteiger partial charge in [-0.3, -0.25) is 0 Å². The predicted molar refractivity (Wildman–Crippen MR) is 84.3 cm³/mol. The standard InChI is InChI=1S/C15H19ClN2O.ClH/c1-3-12(2)15(19,10-18-9-8-17-11-18)13-4-6-14(16)7-5-13;/h4-9,11-12,19H,3,10H2,1-2H3;1H. The molecule has 1 aromatic heterocycles. The van der Waals surface area contributed by atoms with Crippen LogP contribution in [0.1, 0.15) is 25.8 Å². The molecule has 0 radical (unpaired) electrons. The Kier molecular flexibility index (Phi) is 6.06. The summed E-state index contributed by atoms with van der Waals surface area (Å²) in [6, 6.07) is 7.42. The van der Waals surface area contributed by atoms with Crippen LogP contribution in [0.4, 0.5) is 0 Å². The smallest absolute Gasteiger partial charge is 0.110 e. The lowest BCUT2D eigenvalue weighted by molar-refractivity contribution is -0.0346. The van der Waals surface area contributed by atoms with E-state index >= 15 is 0 Å². The van der Waals surface area contributed by atoms with Crippen LogP contribution in [0.15, 0.2) is 43.0 Å². The zero-order chi connectivity index (χ0) is 13.9. The predicted octanol–water partition coefficient (Wildman–Crippen LogP) is 3.89. The number of imidazole rings is 1. The van der Waals surface area contributed by atoms with Gasteiger partial charge in [0.25, 0.3) is 0 Å². The normalized spacial score (nSPS) is 15.2. The summed E-state index contributed by atoms with van der Waals surface area (Å²) >= 11 is 5.92. The van der Waals surface area contributed by atoms with Gasteiger partial charge in [0.05, 0.1) is 12.9 Å². The van der Waals surface area contributed by atoms with Crippen molar-refractivity contribution in [2.45, 2.75) is 32.4 Å². The highest BCUT2D eigenvalue weighted by Crippen LogP contribution is 2.34. The molecule has 2 rings (SSSR count). The topological polar surface area (TPSA) is 38.0 Å². The number of rotatable bonds is 5. The van der Waals surface area contributed by atoms with Gasteiger partial charge < -0.3 is 9.67 Å². The molecule has 2 unspecified atom stereocenters. The SMILES string of the molecule is CCC(C)C(O)(Cn1ccnc1)c1ccc(Cl)cc1.Cl. The van der Waals surface area contributed by atoms with Crippen LogP contribution < -0.4 is 0 Å². The largest absolute Gasteiger partial charge is 0.383 e. The summed E-state index contributed by atoms with van der Waals surface area (Å²) in [5.41, 5.74) is -0.0278. The molecule has 0 saturated heterocycles. The van der Waals surface area contributed by atoms with E-state index < -0.39 is 5.60 Å². The van der Waals surface area contributed by atoms with Gasteiger partial charge >= 0.3 is 0 Å². The molecule has 110 valence electrons. The van der Waals surface area contributed by atoms with Gasteiger partial charge in [-0.25, -0.2) is 4.98 Å². The van der Waals surface area contributed by atoms with Gasteiger partial charge in [-0.2, -0.15) is 0 Å². The Morgan fingerprint density at radius 2 is 2.00 bits per heavy atom. The first-order valence-corrected chi connectivity index (χ1v) is 6.88. The lowest BCUT2D eigenvalue weighted by atomic mass is 9.80. The van der Waals surface area contributed by atoms with E-state index in [0.717, 1.165) is 12.0 Å². The molecule has 0 aliphatic carbocycles. The van der Waals surface area contributed by atoms with Crippen LogP contribution in [0.2, 0.25) is 5.02 Å². The summed E-state index contributed by atoms with van der Waals surface area (Å²) in [6.45, 7) is 4.63. The van der Waals surface area contributed by atoms with Crippen LogP contribution in [0.3, 0.4) is 0 Å². The molecule has 20 heavy (non-hydrogen) atoms. The van der Waals surface area contributed by atoms with Crippen molar-refractivity contribution in [2.75, 3.05) is 0 Å². The van der Waals surface area contributed by atoms with Gasteiger partial charge in [0, 0.05) is 17.4 Å². The van der Waals surface area contributed by atoms with Crippen molar-refractivity contribution in [3.8, 4) is 0 Å². The van der Waals surface area contributed by atoms with Crippen molar-refractivity contribution in [2.24, 2.45) is 5.92 Å². The van der Waals surface area contributed by atoms with E-state index in [1.165, 1.54) is 0 Å². The number of nitrogens with zero attached hydrogens (tertiary/aromatic N) is 2. The third-order valence-corrected chi connectivity index (χ3v) is 4.01. The molecular formula is C15H20Cl2N2O. The number of hydrogen-bond donors (Lipinski definition) is 1. The molecule has 1 heterocycles. The first kappa shape index (κ1) is 17.0. The molecule has 0 aliphatic rings. The molecule has 3 nitrogen and oxygen atoms in total. The number of benzene rings is 1. The Morgan fingerprint density at radius 3 is 2.50 bits per heavy atom. The quantitative estimate of drug-likeness (QED) is 0.909. The Hall–Kier alpha value is -1.03. The van der Waals surface area contributed by atoms with Crippen molar-refractivity contribution in [1.29, 1.82) is 0 Å². The van der Waals surface area contributed by atoms with Crippen LogP contribution in [0.5, 0.6) is 0 Å². The fourth-order valence-corrected chi connectivity index (χ4v) is 2.39. The number of aliphatic hydroxyl groups is 1. The van der Waals surface area contributed by atoms with E-state index in [9.17, 15) is 5.11 Å². The molecule has 5 heteroatoms. The van der Waals surface area contributed by atoms with E-state index in [-0.39, 0.29) is 18.3 Å². The summed E-state index contributed by atoms with van der Waals surface area (Å²) in [7, 11) is 0. The molecule has 0 amide bonds. The zero-order valence-electron chi connectivity index (χ0n) is 11.7. The number of aromatic nitrogens is 2. The third kappa shape index (κ3) is 3.54. The minimum absolute atomic E-state index is 0. The Balaban J connectivity index is 0.00000200.